The molecule has 1 aliphatic rings. The minimum atomic E-state index is -0.867. The molecule has 1 aliphatic carbocycles. The predicted octanol–water partition coefficient (Wildman–Crippen LogP) is 2.25. The van der Waals surface area contributed by atoms with Gasteiger partial charge in [0.15, 0.2) is 5.78 Å². The lowest BCUT2D eigenvalue weighted by Crippen LogP contribution is -2.32. The molecule has 0 bridgehead atoms. The van der Waals surface area contributed by atoms with Crippen LogP contribution in [0, 0.1) is 5.92 Å². The van der Waals surface area contributed by atoms with Crippen molar-refractivity contribution in [2.24, 2.45) is 5.92 Å². The van der Waals surface area contributed by atoms with Gasteiger partial charge in [-0.1, -0.05) is 11.6 Å². The number of furan rings is 1. The average Bonchev–Trinajstić information content (AvgIpc) is 2.80. The van der Waals surface area contributed by atoms with E-state index >= 15 is 0 Å². The van der Waals surface area contributed by atoms with E-state index in [9.17, 15) is 9.59 Å². The summed E-state index contributed by atoms with van der Waals surface area (Å²) in [5.41, 5.74) is 0. The first-order valence-corrected chi connectivity index (χ1v) is 5.52. The number of carbonyl (C=O) groups excluding carboxylic acids is 2. The number of methoxy groups -OCH3 is 1. The molecule has 0 aromatic carbocycles. The van der Waals surface area contributed by atoms with Crippen LogP contribution in [0.2, 0.25) is 0 Å². The molecule has 5 heteroatoms. The highest BCUT2D eigenvalue weighted by Crippen LogP contribution is 2.37. The molecule has 0 fully saturated rings. The van der Waals surface area contributed by atoms with Crippen LogP contribution in [-0.2, 0) is 14.3 Å². The van der Waals surface area contributed by atoms with Crippen LogP contribution in [0.1, 0.15) is 18.1 Å². The van der Waals surface area contributed by atoms with Crippen LogP contribution in [0.25, 0.3) is 0 Å². The Hall–Kier alpha value is -1.55. The molecular formula is C12H11ClO4. The lowest BCUT2D eigenvalue weighted by atomic mass is 9.80. The number of halogens is 1. The number of carbonyl (C=O) groups is 2. The van der Waals surface area contributed by atoms with Gasteiger partial charge in [-0.15, -0.1) is 0 Å². The highest BCUT2D eigenvalue weighted by atomic mass is 35.5. The van der Waals surface area contributed by atoms with Crippen molar-refractivity contribution in [3.8, 4) is 0 Å². The highest BCUT2D eigenvalue weighted by molar-refractivity contribution is 6.32. The first kappa shape index (κ1) is 11.9. The van der Waals surface area contributed by atoms with Gasteiger partial charge in [0, 0.05) is 11.0 Å². The summed E-state index contributed by atoms with van der Waals surface area (Å²) in [5, 5.41) is 0.427. The number of hydrogen-bond donors (Lipinski definition) is 0. The van der Waals surface area contributed by atoms with Crippen LogP contribution in [0.5, 0.6) is 0 Å². The average molecular weight is 255 g/mol. The zero-order valence-corrected chi connectivity index (χ0v) is 9.94. The normalized spacial score (nSPS) is 24.4. The Morgan fingerprint density at radius 1 is 1.59 bits per heavy atom. The third-order valence-electron chi connectivity index (χ3n) is 2.79. The number of ketones is 1. The molecule has 2 atom stereocenters. The van der Waals surface area contributed by atoms with E-state index in [1.165, 1.54) is 19.4 Å². The maximum absolute atomic E-state index is 11.8. The summed E-state index contributed by atoms with van der Waals surface area (Å²) >= 11 is 5.88. The Kier molecular flexibility index (Phi) is 3.33. The van der Waals surface area contributed by atoms with Crippen LogP contribution in [-0.4, -0.2) is 18.9 Å². The summed E-state index contributed by atoms with van der Waals surface area (Å²) in [6.07, 6.45) is 3.18. The van der Waals surface area contributed by atoms with Gasteiger partial charge in [-0.2, -0.15) is 0 Å². The highest BCUT2D eigenvalue weighted by Gasteiger charge is 2.40. The first-order chi connectivity index (χ1) is 8.13. The summed E-state index contributed by atoms with van der Waals surface area (Å²) < 4.78 is 9.90. The summed E-state index contributed by atoms with van der Waals surface area (Å²) in [7, 11) is 1.26. The van der Waals surface area contributed by atoms with E-state index < -0.39 is 11.9 Å². The van der Waals surface area contributed by atoms with Gasteiger partial charge in [-0.3, -0.25) is 9.59 Å². The number of ether oxygens (including phenoxy) is 1. The Labute approximate surface area is 103 Å². The number of rotatable bonds is 2. The van der Waals surface area contributed by atoms with Gasteiger partial charge in [-0.25, -0.2) is 0 Å². The topological polar surface area (TPSA) is 56.5 Å². The molecule has 2 rings (SSSR count). The van der Waals surface area contributed by atoms with E-state index in [2.05, 4.69) is 4.74 Å². The van der Waals surface area contributed by atoms with Crippen molar-refractivity contribution >= 4 is 23.4 Å². The Morgan fingerprint density at radius 2 is 2.35 bits per heavy atom. The molecule has 1 aromatic rings. The molecule has 0 saturated heterocycles. The summed E-state index contributed by atoms with van der Waals surface area (Å²) in [6, 6.07) is 3.43. The fraction of sp³-hybridized carbons (Fsp3) is 0.333. The second-order valence-electron chi connectivity index (χ2n) is 3.82. The minimum absolute atomic E-state index is 0.338. The van der Waals surface area contributed by atoms with Gasteiger partial charge in [0.1, 0.15) is 11.7 Å². The number of hydrogen-bond acceptors (Lipinski definition) is 4. The van der Waals surface area contributed by atoms with E-state index in [0.717, 1.165) is 0 Å². The van der Waals surface area contributed by atoms with Gasteiger partial charge in [-0.05, 0) is 24.6 Å². The first-order valence-electron chi connectivity index (χ1n) is 5.14. The maximum atomic E-state index is 11.8. The van der Waals surface area contributed by atoms with E-state index in [0.29, 0.717) is 17.2 Å². The van der Waals surface area contributed by atoms with E-state index in [-0.39, 0.29) is 11.7 Å². The van der Waals surface area contributed by atoms with Crippen LogP contribution < -0.4 is 0 Å². The second-order valence-corrected chi connectivity index (χ2v) is 4.31. The van der Waals surface area contributed by atoms with Crippen molar-refractivity contribution in [1.82, 2.24) is 0 Å². The SMILES string of the molecule is COC(=O)C1C(=O)C=C(Cl)CC1c1ccco1. The summed E-state index contributed by atoms with van der Waals surface area (Å²) in [4.78, 5) is 23.4. The predicted molar refractivity (Wildman–Crippen MR) is 60.5 cm³/mol. The summed E-state index contributed by atoms with van der Waals surface area (Å²) in [6.45, 7) is 0. The smallest absolute Gasteiger partial charge is 0.317 e. The molecule has 0 N–H and O–H groups in total. The van der Waals surface area contributed by atoms with Crippen molar-refractivity contribution in [3.63, 3.8) is 0 Å². The van der Waals surface area contributed by atoms with Gasteiger partial charge in [0.2, 0.25) is 0 Å². The molecule has 0 spiro atoms. The van der Waals surface area contributed by atoms with Gasteiger partial charge in [0.05, 0.1) is 13.4 Å². The van der Waals surface area contributed by atoms with Crippen LogP contribution in [0.15, 0.2) is 33.9 Å². The zero-order valence-electron chi connectivity index (χ0n) is 9.18. The maximum Gasteiger partial charge on any atom is 0.317 e. The molecule has 0 saturated carbocycles. The molecular weight excluding hydrogens is 244 g/mol. The molecule has 0 radical (unpaired) electrons. The standard InChI is InChI=1S/C12H11ClO4/c1-16-12(15)11-8(10-3-2-4-17-10)5-7(13)6-9(11)14/h2-4,6,8,11H,5H2,1H3. The van der Waals surface area contributed by atoms with Crippen molar-refractivity contribution in [1.29, 1.82) is 0 Å². The third-order valence-corrected chi connectivity index (χ3v) is 3.05. The molecule has 2 unspecified atom stereocenters. The quantitative estimate of drug-likeness (QED) is 0.600. The van der Waals surface area contributed by atoms with Gasteiger partial charge < -0.3 is 9.15 Å². The number of esters is 1. The number of allylic oxidation sites excluding steroid dienone is 2. The fourth-order valence-electron chi connectivity index (χ4n) is 2.00. The van der Waals surface area contributed by atoms with Crippen molar-refractivity contribution in [2.45, 2.75) is 12.3 Å². The van der Waals surface area contributed by atoms with Gasteiger partial charge >= 0.3 is 5.97 Å². The zero-order chi connectivity index (χ0) is 12.4. The molecule has 1 aromatic heterocycles. The van der Waals surface area contributed by atoms with Crippen LogP contribution in [0.3, 0.4) is 0 Å². The Morgan fingerprint density at radius 3 is 2.94 bits per heavy atom. The summed E-state index contributed by atoms with van der Waals surface area (Å²) in [5.74, 6) is -1.58. The van der Waals surface area contributed by atoms with Crippen molar-refractivity contribution < 1.29 is 18.7 Å². The Balaban J connectivity index is 2.37. The monoisotopic (exact) mass is 254 g/mol. The molecule has 0 aliphatic heterocycles. The molecule has 0 amide bonds. The van der Waals surface area contributed by atoms with Crippen LogP contribution >= 0.6 is 11.6 Å². The lowest BCUT2D eigenvalue weighted by molar-refractivity contribution is -0.149. The van der Waals surface area contributed by atoms with Gasteiger partial charge in [0.25, 0.3) is 0 Å². The van der Waals surface area contributed by atoms with E-state index in [1.54, 1.807) is 12.1 Å². The van der Waals surface area contributed by atoms with Crippen molar-refractivity contribution in [3.05, 3.63) is 35.3 Å². The molecule has 90 valence electrons. The van der Waals surface area contributed by atoms with Crippen LogP contribution in [0.4, 0.5) is 0 Å². The largest absolute Gasteiger partial charge is 0.469 e. The second kappa shape index (κ2) is 4.75. The van der Waals surface area contributed by atoms with Crippen molar-refractivity contribution in [2.75, 3.05) is 7.11 Å². The minimum Gasteiger partial charge on any atom is -0.469 e. The third kappa shape index (κ3) is 2.26. The molecule has 17 heavy (non-hydrogen) atoms. The van der Waals surface area contributed by atoms with E-state index in [1.807, 2.05) is 0 Å². The Bertz CT molecular complexity index is 461. The van der Waals surface area contributed by atoms with E-state index in [4.69, 9.17) is 16.0 Å². The molecule has 1 heterocycles. The molecule has 4 nitrogen and oxygen atoms in total. The lowest BCUT2D eigenvalue weighted by Gasteiger charge is -2.24. The fourth-order valence-corrected chi connectivity index (χ4v) is 2.28.